The number of hydrogen-bond donors (Lipinski definition) is 1. The SMILES string of the molecule is CCCCn1nc(C(=O)Nc2ccc(-c3cn4cccc(C)c4n3)cc2)ccc1=O. The number of nitrogens with zero attached hydrogens (tertiary/aromatic N) is 4. The minimum atomic E-state index is -0.351. The molecule has 1 amide bonds. The van der Waals surface area contributed by atoms with E-state index in [4.69, 9.17) is 4.98 Å². The van der Waals surface area contributed by atoms with Gasteiger partial charge < -0.3 is 9.72 Å². The summed E-state index contributed by atoms with van der Waals surface area (Å²) in [6.07, 6.45) is 5.74. The molecule has 4 rings (SSSR count). The Hall–Kier alpha value is -3.74. The molecule has 1 N–H and O–H groups in total. The maximum atomic E-state index is 12.6. The summed E-state index contributed by atoms with van der Waals surface area (Å²) in [4.78, 5) is 29.1. The summed E-state index contributed by atoms with van der Waals surface area (Å²) in [5.41, 5.74) is 4.53. The maximum absolute atomic E-state index is 12.6. The third kappa shape index (κ3) is 4.00. The number of benzene rings is 1. The molecule has 0 bridgehead atoms. The Bertz CT molecular complexity index is 1250. The van der Waals surface area contributed by atoms with E-state index >= 15 is 0 Å². The van der Waals surface area contributed by atoms with Gasteiger partial charge in [0.15, 0.2) is 0 Å². The first-order valence-corrected chi connectivity index (χ1v) is 9.99. The lowest BCUT2D eigenvalue weighted by Gasteiger charge is -2.08. The summed E-state index contributed by atoms with van der Waals surface area (Å²) in [7, 11) is 0. The number of nitrogens with one attached hydrogen (secondary N) is 1. The van der Waals surface area contributed by atoms with Crippen LogP contribution in [0.2, 0.25) is 0 Å². The Morgan fingerprint density at radius 3 is 2.63 bits per heavy atom. The number of aromatic nitrogens is 4. The van der Waals surface area contributed by atoms with Crippen LogP contribution in [-0.4, -0.2) is 25.1 Å². The number of carbonyl (C=O) groups is 1. The van der Waals surface area contributed by atoms with Gasteiger partial charge in [-0.25, -0.2) is 9.67 Å². The second-order valence-corrected chi connectivity index (χ2v) is 7.21. The van der Waals surface area contributed by atoms with Gasteiger partial charge in [0.05, 0.1) is 5.69 Å². The predicted molar refractivity (Wildman–Crippen MR) is 117 cm³/mol. The number of pyridine rings is 1. The van der Waals surface area contributed by atoms with E-state index in [1.165, 1.54) is 16.8 Å². The van der Waals surface area contributed by atoms with Crippen LogP contribution >= 0.6 is 0 Å². The molecule has 7 heteroatoms. The molecule has 152 valence electrons. The number of hydrogen-bond acceptors (Lipinski definition) is 4. The van der Waals surface area contributed by atoms with Crippen LogP contribution in [0.15, 0.2) is 65.7 Å². The zero-order valence-corrected chi connectivity index (χ0v) is 17.0. The number of amides is 1. The molecule has 0 saturated carbocycles. The molecule has 0 fully saturated rings. The van der Waals surface area contributed by atoms with Crippen molar-refractivity contribution < 1.29 is 4.79 Å². The Morgan fingerprint density at radius 2 is 1.90 bits per heavy atom. The second-order valence-electron chi connectivity index (χ2n) is 7.21. The van der Waals surface area contributed by atoms with Crippen molar-refractivity contribution >= 4 is 17.2 Å². The largest absolute Gasteiger partial charge is 0.321 e. The molecule has 0 aliphatic carbocycles. The molecule has 0 saturated heterocycles. The van der Waals surface area contributed by atoms with Crippen molar-refractivity contribution in [1.29, 1.82) is 0 Å². The van der Waals surface area contributed by atoms with Gasteiger partial charge in [0.25, 0.3) is 11.5 Å². The molecule has 0 unspecified atom stereocenters. The van der Waals surface area contributed by atoms with Gasteiger partial charge in [-0.15, -0.1) is 0 Å². The van der Waals surface area contributed by atoms with Crippen LogP contribution in [0, 0.1) is 6.92 Å². The molecule has 4 aromatic rings. The summed E-state index contributed by atoms with van der Waals surface area (Å²) in [5.74, 6) is -0.351. The van der Waals surface area contributed by atoms with Crippen LogP contribution in [0.4, 0.5) is 5.69 Å². The summed E-state index contributed by atoms with van der Waals surface area (Å²) in [6.45, 7) is 4.58. The summed E-state index contributed by atoms with van der Waals surface area (Å²) < 4.78 is 3.34. The minimum Gasteiger partial charge on any atom is -0.321 e. The third-order valence-electron chi connectivity index (χ3n) is 4.94. The highest BCUT2D eigenvalue weighted by Crippen LogP contribution is 2.22. The Kier molecular flexibility index (Phi) is 5.43. The van der Waals surface area contributed by atoms with Gasteiger partial charge in [0.2, 0.25) is 0 Å². The van der Waals surface area contributed by atoms with Crippen molar-refractivity contribution in [2.24, 2.45) is 0 Å². The van der Waals surface area contributed by atoms with Crippen molar-refractivity contribution in [2.75, 3.05) is 5.32 Å². The van der Waals surface area contributed by atoms with Crippen molar-refractivity contribution in [2.45, 2.75) is 33.2 Å². The molecule has 3 aromatic heterocycles. The van der Waals surface area contributed by atoms with Crippen molar-refractivity contribution in [3.05, 3.63) is 82.5 Å². The van der Waals surface area contributed by atoms with Crippen LogP contribution < -0.4 is 10.9 Å². The van der Waals surface area contributed by atoms with Gasteiger partial charge in [-0.1, -0.05) is 31.5 Å². The van der Waals surface area contributed by atoms with Gasteiger partial charge in [-0.05, 0) is 43.2 Å². The smallest absolute Gasteiger partial charge is 0.276 e. The van der Waals surface area contributed by atoms with Gasteiger partial charge in [0, 0.05) is 36.3 Å². The summed E-state index contributed by atoms with van der Waals surface area (Å²) >= 11 is 0. The minimum absolute atomic E-state index is 0.202. The molecular formula is C23H23N5O2. The molecule has 1 aromatic carbocycles. The van der Waals surface area contributed by atoms with Crippen LogP contribution in [-0.2, 0) is 6.54 Å². The van der Waals surface area contributed by atoms with Crippen LogP contribution in [0.3, 0.4) is 0 Å². The highest BCUT2D eigenvalue weighted by molar-refractivity contribution is 6.02. The van der Waals surface area contributed by atoms with Gasteiger partial charge in [-0.3, -0.25) is 9.59 Å². The van der Waals surface area contributed by atoms with E-state index in [2.05, 4.69) is 10.4 Å². The highest BCUT2D eigenvalue weighted by Gasteiger charge is 2.11. The summed E-state index contributed by atoms with van der Waals surface area (Å²) in [6, 6.07) is 14.4. The fraction of sp³-hybridized carbons (Fsp3) is 0.217. The van der Waals surface area contributed by atoms with Gasteiger partial charge in [0.1, 0.15) is 11.3 Å². The van der Waals surface area contributed by atoms with Crippen molar-refractivity contribution in [3.63, 3.8) is 0 Å². The Balaban J connectivity index is 1.51. The highest BCUT2D eigenvalue weighted by atomic mass is 16.2. The Labute approximate surface area is 174 Å². The number of aryl methyl sites for hydroxylation is 2. The van der Waals surface area contributed by atoms with E-state index in [1.54, 1.807) is 0 Å². The lowest BCUT2D eigenvalue weighted by atomic mass is 10.1. The van der Waals surface area contributed by atoms with Gasteiger partial charge in [-0.2, -0.15) is 5.10 Å². The van der Waals surface area contributed by atoms with Crippen molar-refractivity contribution in [1.82, 2.24) is 19.2 Å². The number of unbranched alkanes of at least 4 members (excludes halogenated alkanes) is 1. The fourth-order valence-corrected chi connectivity index (χ4v) is 3.25. The fourth-order valence-electron chi connectivity index (χ4n) is 3.25. The Morgan fingerprint density at radius 1 is 1.10 bits per heavy atom. The lowest BCUT2D eigenvalue weighted by Crippen LogP contribution is -2.26. The molecule has 0 spiro atoms. The number of carbonyl (C=O) groups excluding carboxylic acids is 1. The quantitative estimate of drug-likeness (QED) is 0.531. The van der Waals surface area contributed by atoms with Crippen LogP contribution in [0.1, 0.15) is 35.8 Å². The lowest BCUT2D eigenvalue weighted by molar-refractivity contribution is 0.101. The molecule has 0 aliphatic rings. The van der Waals surface area contributed by atoms with E-state index in [0.717, 1.165) is 35.3 Å². The number of rotatable bonds is 6. The van der Waals surface area contributed by atoms with E-state index in [9.17, 15) is 9.59 Å². The average Bonchev–Trinajstić information content (AvgIpc) is 3.19. The molecule has 0 aliphatic heterocycles. The van der Waals surface area contributed by atoms with Crippen LogP contribution in [0.25, 0.3) is 16.9 Å². The van der Waals surface area contributed by atoms with E-state index in [0.29, 0.717) is 12.2 Å². The van der Waals surface area contributed by atoms with Crippen molar-refractivity contribution in [3.8, 4) is 11.3 Å². The first-order chi connectivity index (χ1) is 14.5. The third-order valence-corrected chi connectivity index (χ3v) is 4.94. The van der Waals surface area contributed by atoms with E-state index in [-0.39, 0.29) is 17.2 Å². The predicted octanol–water partition coefficient (Wildman–Crippen LogP) is 3.92. The van der Waals surface area contributed by atoms with E-state index < -0.39 is 0 Å². The average molecular weight is 401 g/mol. The molecule has 7 nitrogen and oxygen atoms in total. The first-order valence-electron chi connectivity index (χ1n) is 9.99. The van der Waals surface area contributed by atoms with E-state index in [1.807, 2.05) is 67.0 Å². The molecule has 0 atom stereocenters. The molecular weight excluding hydrogens is 378 g/mol. The molecule has 0 radical (unpaired) electrons. The zero-order chi connectivity index (χ0) is 21.1. The summed E-state index contributed by atoms with van der Waals surface area (Å²) in [5, 5.41) is 7.02. The first kappa shape index (κ1) is 19.6. The van der Waals surface area contributed by atoms with Crippen LogP contribution in [0.5, 0.6) is 0 Å². The number of anilines is 1. The number of fused-ring (bicyclic) bond motifs is 1. The topological polar surface area (TPSA) is 81.3 Å². The molecule has 3 heterocycles. The monoisotopic (exact) mass is 401 g/mol. The zero-order valence-electron chi connectivity index (χ0n) is 17.0. The second kappa shape index (κ2) is 8.32. The maximum Gasteiger partial charge on any atom is 0.276 e. The normalized spacial score (nSPS) is 11.0. The number of imidazole rings is 1. The molecule has 30 heavy (non-hydrogen) atoms. The van der Waals surface area contributed by atoms with Gasteiger partial charge >= 0.3 is 0 Å². The standard InChI is InChI=1S/C23H23N5O2/c1-3-4-14-28-21(29)12-11-19(26-28)23(30)24-18-9-7-17(8-10-18)20-15-27-13-5-6-16(2)22(27)25-20/h5-13,15H,3-4,14H2,1-2H3,(H,24,30).